The first-order valence-electron chi connectivity index (χ1n) is 5.36. The molecule has 2 fully saturated rings. The molecule has 0 radical (unpaired) electrons. The van der Waals surface area contributed by atoms with Crippen molar-refractivity contribution in [3.63, 3.8) is 0 Å². The Kier molecular flexibility index (Phi) is 3.19. The van der Waals surface area contributed by atoms with Gasteiger partial charge in [0.1, 0.15) is 0 Å². The Bertz CT molecular complexity index is 157. The van der Waals surface area contributed by atoms with Gasteiger partial charge in [0.2, 0.25) is 0 Å². The molecule has 13 heavy (non-hydrogen) atoms. The molecule has 2 aliphatic heterocycles. The predicted octanol–water partition coefficient (Wildman–Crippen LogP) is 0.622. The molecule has 0 aliphatic carbocycles. The molecule has 2 aliphatic rings. The van der Waals surface area contributed by atoms with Crippen molar-refractivity contribution < 1.29 is 9.84 Å². The van der Waals surface area contributed by atoms with Crippen LogP contribution in [0.15, 0.2) is 0 Å². The van der Waals surface area contributed by atoms with Gasteiger partial charge in [0.25, 0.3) is 0 Å². The van der Waals surface area contributed by atoms with E-state index in [1.807, 2.05) is 0 Å². The maximum absolute atomic E-state index is 9.13. The number of hydrogen-bond donors (Lipinski definition) is 1. The highest BCUT2D eigenvalue weighted by Gasteiger charge is 2.27. The van der Waals surface area contributed by atoms with Crippen LogP contribution in [0.1, 0.15) is 25.7 Å². The van der Waals surface area contributed by atoms with Crippen LogP contribution in [0.25, 0.3) is 0 Å². The van der Waals surface area contributed by atoms with E-state index in [1.165, 1.54) is 19.3 Å². The van der Waals surface area contributed by atoms with E-state index in [-0.39, 0.29) is 0 Å². The average Bonchev–Trinajstić information content (AvgIpc) is 2.76. The van der Waals surface area contributed by atoms with Crippen molar-refractivity contribution in [2.24, 2.45) is 0 Å². The summed E-state index contributed by atoms with van der Waals surface area (Å²) in [4.78, 5) is 2.38. The first-order valence-corrected chi connectivity index (χ1v) is 5.36. The van der Waals surface area contributed by atoms with Gasteiger partial charge in [-0.15, -0.1) is 0 Å². The second kappa shape index (κ2) is 4.40. The zero-order valence-corrected chi connectivity index (χ0v) is 8.11. The van der Waals surface area contributed by atoms with E-state index < -0.39 is 0 Å². The molecule has 1 N–H and O–H groups in total. The van der Waals surface area contributed by atoms with E-state index in [0.717, 1.165) is 26.1 Å². The van der Waals surface area contributed by atoms with Crippen LogP contribution < -0.4 is 0 Å². The first kappa shape index (κ1) is 9.44. The van der Waals surface area contributed by atoms with Crippen molar-refractivity contribution in [3.05, 3.63) is 0 Å². The van der Waals surface area contributed by atoms with Crippen LogP contribution in [-0.2, 0) is 4.74 Å². The Morgan fingerprint density at radius 3 is 2.92 bits per heavy atom. The van der Waals surface area contributed by atoms with E-state index in [2.05, 4.69) is 4.90 Å². The fraction of sp³-hybridized carbons (Fsp3) is 1.00. The van der Waals surface area contributed by atoms with Gasteiger partial charge in [0, 0.05) is 19.2 Å². The average molecular weight is 185 g/mol. The maximum atomic E-state index is 9.13. The molecule has 0 spiro atoms. The molecule has 0 saturated carbocycles. The third-order valence-corrected chi connectivity index (χ3v) is 3.17. The molecule has 0 aromatic heterocycles. The van der Waals surface area contributed by atoms with Crippen LogP contribution in [0.4, 0.5) is 0 Å². The van der Waals surface area contributed by atoms with Crippen molar-refractivity contribution >= 4 is 0 Å². The summed E-state index contributed by atoms with van der Waals surface area (Å²) in [5, 5.41) is 9.13. The van der Waals surface area contributed by atoms with Crippen molar-refractivity contribution in [1.82, 2.24) is 4.90 Å². The second-order valence-corrected chi connectivity index (χ2v) is 4.11. The lowest BCUT2D eigenvalue weighted by Gasteiger charge is -2.25. The van der Waals surface area contributed by atoms with Gasteiger partial charge in [-0.3, -0.25) is 4.90 Å². The van der Waals surface area contributed by atoms with Gasteiger partial charge in [-0.05, 0) is 32.2 Å². The van der Waals surface area contributed by atoms with E-state index in [1.54, 1.807) is 0 Å². The Labute approximate surface area is 79.7 Å². The second-order valence-electron chi connectivity index (χ2n) is 4.11. The van der Waals surface area contributed by atoms with E-state index in [0.29, 0.717) is 18.8 Å². The minimum absolute atomic E-state index is 0.312. The van der Waals surface area contributed by atoms with Crippen LogP contribution in [-0.4, -0.2) is 48.5 Å². The molecular formula is C10H19NO2. The molecule has 2 atom stereocenters. The van der Waals surface area contributed by atoms with Crippen LogP contribution in [0.2, 0.25) is 0 Å². The lowest BCUT2D eigenvalue weighted by atomic mass is 10.2. The third-order valence-electron chi connectivity index (χ3n) is 3.17. The van der Waals surface area contributed by atoms with Crippen LogP contribution >= 0.6 is 0 Å². The van der Waals surface area contributed by atoms with E-state index in [4.69, 9.17) is 9.84 Å². The normalized spacial score (nSPS) is 35.8. The van der Waals surface area contributed by atoms with Gasteiger partial charge in [-0.1, -0.05) is 0 Å². The highest BCUT2D eigenvalue weighted by atomic mass is 16.5. The molecule has 2 saturated heterocycles. The number of nitrogens with zero attached hydrogens (tertiary/aromatic N) is 1. The van der Waals surface area contributed by atoms with E-state index in [9.17, 15) is 0 Å². The molecule has 2 rings (SSSR count). The SMILES string of the molecule is OC[C@H]1CCCN1CC1CCCO1. The molecule has 76 valence electrons. The van der Waals surface area contributed by atoms with Gasteiger partial charge in [-0.25, -0.2) is 0 Å². The summed E-state index contributed by atoms with van der Waals surface area (Å²) in [7, 11) is 0. The lowest BCUT2D eigenvalue weighted by Crippen LogP contribution is -2.37. The molecule has 3 nitrogen and oxygen atoms in total. The number of ether oxygens (including phenoxy) is 1. The van der Waals surface area contributed by atoms with Crippen LogP contribution in [0.5, 0.6) is 0 Å². The maximum Gasteiger partial charge on any atom is 0.0702 e. The summed E-state index contributed by atoms with van der Waals surface area (Å²) >= 11 is 0. The molecule has 2 heterocycles. The van der Waals surface area contributed by atoms with Gasteiger partial charge in [0.15, 0.2) is 0 Å². The minimum atomic E-state index is 0.312. The fourth-order valence-corrected chi connectivity index (χ4v) is 2.39. The third kappa shape index (κ3) is 2.22. The Balaban J connectivity index is 1.79. The summed E-state index contributed by atoms with van der Waals surface area (Å²) < 4.78 is 5.58. The van der Waals surface area contributed by atoms with Crippen LogP contribution in [0.3, 0.4) is 0 Å². The monoisotopic (exact) mass is 185 g/mol. The largest absolute Gasteiger partial charge is 0.395 e. The fourth-order valence-electron chi connectivity index (χ4n) is 2.39. The topological polar surface area (TPSA) is 32.7 Å². The number of rotatable bonds is 3. The van der Waals surface area contributed by atoms with E-state index >= 15 is 0 Å². The minimum Gasteiger partial charge on any atom is -0.395 e. The lowest BCUT2D eigenvalue weighted by molar-refractivity contribution is 0.0579. The number of aliphatic hydroxyl groups excluding tert-OH is 1. The van der Waals surface area contributed by atoms with Gasteiger partial charge >= 0.3 is 0 Å². The van der Waals surface area contributed by atoms with Crippen molar-refractivity contribution in [2.45, 2.75) is 37.8 Å². The Morgan fingerprint density at radius 1 is 1.31 bits per heavy atom. The highest BCUT2D eigenvalue weighted by Crippen LogP contribution is 2.20. The summed E-state index contributed by atoms with van der Waals surface area (Å²) in [6, 6.07) is 0.407. The number of aliphatic hydroxyl groups is 1. The molecule has 0 amide bonds. The van der Waals surface area contributed by atoms with Gasteiger partial charge < -0.3 is 9.84 Å². The zero-order chi connectivity index (χ0) is 9.10. The van der Waals surface area contributed by atoms with Gasteiger partial charge in [0.05, 0.1) is 12.7 Å². The van der Waals surface area contributed by atoms with Gasteiger partial charge in [-0.2, -0.15) is 0 Å². The number of hydrogen-bond acceptors (Lipinski definition) is 3. The molecule has 0 bridgehead atoms. The Hall–Kier alpha value is -0.120. The summed E-state index contributed by atoms with van der Waals surface area (Å²) in [6.07, 6.45) is 5.24. The molecule has 0 aromatic rings. The Morgan fingerprint density at radius 2 is 2.23 bits per heavy atom. The van der Waals surface area contributed by atoms with Crippen molar-refractivity contribution in [3.8, 4) is 0 Å². The number of likely N-dealkylation sites (tertiary alicyclic amines) is 1. The molecular weight excluding hydrogens is 166 g/mol. The van der Waals surface area contributed by atoms with Crippen molar-refractivity contribution in [2.75, 3.05) is 26.3 Å². The molecule has 0 aromatic carbocycles. The molecule has 3 heteroatoms. The summed E-state index contributed by atoms with van der Waals surface area (Å²) in [5.74, 6) is 0. The van der Waals surface area contributed by atoms with Crippen LogP contribution in [0, 0.1) is 0 Å². The molecule has 1 unspecified atom stereocenters. The van der Waals surface area contributed by atoms with Crippen molar-refractivity contribution in [1.29, 1.82) is 0 Å². The first-order chi connectivity index (χ1) is 6.40. The summed E-state index contributed by atoms with van der Waals surface area (Å²) in [5.41, 5.74) is 0. The zero-order valence-electron chi connectivity index (χ0n) is 8.11. The highest BCUT2D eigenvalue weighted by molar-refractivity contribution is 4.81. The quantitative estimate of drug-likeness (QED) is 0.699. The standard InChI is InChI=1S/C10H19NO2/c12-8-9-3-1-5-11(9)7-10-4-2-6-13-10/h9-10,12H,1-8H2/t9-,10?/m1/s1. The smallest absolute Gasteiger partial charge is 0.0702 e. The predicted molar refractivity (Wildman–Crippen MR) is 50.7 cm³/mol. The summed E-state index contributed by atoms with van der Waals surface area (Å²) in [6.45, 7) is 3.42.